The van der Waals surface area contributed by atoms with Crippen molar-refractivity contribution in [2.75, 3.05) is 11.9 Å². The number of nitrogens with one attached hydrogen (secondary N) is 2. The number of amides is 2. The van der Waals surface area contributed by atoms with Crippen LogP contribution in [-0.2, 0) is 4.79 Å². The summed E-state index contributed by atoms with van der Waals surface area (Å²) in [5.41, 5.74) is 4.90. The Morgan fingerprint density at radius 3 is 2.56 bits per heavy atom. The molecular weight excluding hydrogens is 358 g/mol. The van der Waals surface area contributed by atoms with Gasteiger partial charge in [-0.05, 0) is 43.2 Å². The van der Waals surface area contributed by atoms with Crippen LogP contribution in [-0.4, -0.2) is 23.3 Å². The van der Waals surface area contributed by atoms with Gasteiger partial charge in [0.2, 0.25) is 5.91 Å². The molecule has 3 aromatic rings. The van der Waals surface area contributed by atoms with E-state index < -0.39 is 0 Å². The molecule has 1 aromatic heterocycles. The molecule has 0 spiro atoms. The van der Waals surface area contributed by atoms with Gasteiger partial charge in [0.15, 0.2) is 5.13 Å². The van der Waals surface area contributed by atoms with E-state index in [-0.39, 0.29) is 24.8 Å². The van der Waals surface area contributed by atoms with Gasteiger partial charge in [0.1, 0.15) is 0 Å². The van der Waals surface area contributed by atoms with E-state index in [4.69, 9.17) is 0 Å². The molecule has 0 bridgehead atoms. The lowest BCUT2D eigenvalue weighted by Gasteiger charge is -2.05. The molecular formula is C21H21N3O2S. The highest BCUT2D eigenvalue weighted by Crippen LogP contribution is 2.26. The van der Waals surface area contributed by atoms with E-state index in [0.717, 1.165) is 11.3 Å². The summed E-state index contributed by atoms with van der Waals surface area (Å²) < 4.78 is 0. The largest absolute Gasteiger partial charge is 0.352 e. The number of carbonyl (C=O) groups is 2. The van der Waals surface area contributed by atoms with Gasteiger partial charge in [-0.1, -0.05) is 30.3 Å². The first-order valence-electron chi connectivity index (χ1n) is 8.69. The van der Waals surface area contributed by atoms with Crippen molar-refractivity contribution in [3.8, 4) is 11.3 Å². The summed E-state index contributed by atoms with van der Waals surface area (Å²) in [5, 5.41) is 8.02. The SMILES string of the molecule is Cc1ccc(-c2csc(NC(=O)CCNC(=O)c3ccccc3)n2)cc1C. The van der Waals surface area contributed by atoms with Crippen LogP contribution in [0.1, 0.15) is 27.9 Å². The lowest BCUT2D eigenvalue weighted by Crippen LogP contribution is -2.27. The highest BCUT2D eigenvalue weighted by atomic mass is 32.1. The van der Waals surface area contributed by atoms with E-state index in [1.54, 1.807) is 24.3 Å². The van der Waals surface area contributed by atoms with Crippen LogP contribution in [0.4, 0.5) is 5.13 Å². The van der Waals surface area contributed by atoms with E-state index >= 15 is 0 Å². The van der Waals surface area contributed by atoms with Gasteiger partial charge in [-0.2, -0.15) is 0 Å². The number of anilines is 1. The lowest BCUT2D eigenvalue weighted by molar-refractivity contribution is -0.116. The molecule has 2 amide bonds. The number of rotatable bonds is 6. The molecule has 0 radical (unpaired) electrons. The Kier molecular flexibility index (Phi) is 5.98. The van der Waals surface area contributed by atoms with Crippen LogP contribution in [0, 0.1) is 13.8 Å². The summed E-state index contributed by atoms with van der Waals surface area (Å²) in [6, 6.07) is 15.1. The van der Waals surface area contributed by atoms with E-state index in [1.807, 2.05) is 17.5 Å². The van der Waals surface area contributed by atoms with Crippen LogP contribution in [0.2, 0.25) is 0 Å². The normalized spacial score (nSPS) is 10.4. The van der Waals surface area contributed by atoms with Crippen molar-refractivity contribution in [3.63, 3.8) is 0 Å². The van der Waals surface area contributed by atoms with Crippen molar-refractivity contribution in [2.24, 2.45) is 0 Å². The zero-order chi connectivity index (χ0) is 19.2. The Bertz CT molecular complexity index is 951. The molecule has 2 aromatic carbocycles. The number of benzene rings is 2. The second-order valence-corrected chi connectivity index (χ2v) is 7.12. The Balaban J connectivity index is 1.50. The summed E-state index contributed by atoms with van der Waals surface area (Å²) in [6.45, 7) is 4.41. The first-order valence-corrected chi connectivity index (χ1v) is 9.57. The molecule has 0 aliphatic heterocycles. The molecule has 6 heteroatoms. The van der Waals surface area contributed by atoms with Crippen molar-refractivity contribution in [1.82, 2.24) is 10.3 Å². The molecule has 0 saturated carbocycles. The average Bonchev–Trinajstić information content (AvgIpc) is 3.13. The van der Waals surface area contributed by atoms with Gasteiger partial charge in [0.05, 0.1) is 5.69 Å². The molecule has 0 aliphatic rings. The minimum absolute atomic E-state index is 0.177. The average molecular weight is 379 g/mol. The molecule has 2 N–H and O–H groups in total. The van der Waals surface area contributed by atoms with Gasteiger partial charge in [-0.25, -0.2) is 4.98 Å². The Hall–Kier alpha value is -2.99. The molecule has 3 rings (SSSR count). The minimum Gasteiger partial charge on any atom is -0.352 e. The molecule has 0 saturated heterocycles. The maximum atomic E-state index is 12.1. The number of nitrogens with zero attached hydrogens (tertiary/aromatic N) is 1. The number of hydrogen-bond acceptors (Lipinski definition) is 4. The standard InChI is InChI=1S/C21H21N3O2S/c1-14-8-9-17(12-15(14)2)18-13-27-21(23-18)24-19(25)10-11-22-20(26)16-6-4-3-5-7-16/h3-9,12-13H,10-11H2,1-2H3,(H,22,26)(H,23,24,25). The van der Waals surface area contributed by atoms with Gasteiger partial charge in [-0.3, -0.25) is 9.59 Å². The van der Waals surface area contributed by atoms with Gasteiger partial charge in [0.25, 0.3) is 5.91 Å². The first kappa shape index (κ1) is 18.8. The topological polar surface area (TPSA) is 71.1 Å². The van der Waals surface area contributed by atoms with E-state index in [9.17, 15) is 9.59 Å². The maximum absolute atomic E-state index is 12.1. The van der Waals surface area contributed by atoms with Gasteiger partial charge >= 0.3 is 0 Å². The second kappa shape index (κ2) is 8.60. The van der Waals surface area contributed by atoms with Crippen LogP contribution in [0.5, 0.6) is 0 Å². The van der Waals surface area contributed by atoms with Gasteiger partial charge < -0.3 is 10.6 Å². The predicted molar refractivity (Wildman–Crippen MR) is 109 cm³/mol. The second-order valence-electron chi connectivity index (χ2n) is 6.26. The highest BCUT2D eigenvalue weighted by molar-refractivity contribution is 7.14. The number of hydrogen-bond donors (Lipinski definition) is 2. The van der Waals surface area contributed by atoms with Crippen LogP contribution in [0.25, 0.3) is 11.3 Å². The molecule has 0 atom stereocenters. The Morgan fingerprint density at radius 1 is 1.04 bits per heavy atom. The Labute approximate surface area is 162 Å². The van der Waals surface area contributed by atoms with Crippen molar-refractivity contribution in [3.05, 3.63) is 70.6 Å². The third-order valence-electron chi connectivity index (χ3n) is 4.23. The van der Waals surface area contributed by atoms with Crippen LogP contribution in [0.15, 0.2) is 53.9 Å². The molecule has 1 heterocycles. The zero-order valence-corrected chi connectivity index (χ0v) is 16.1. The molecule has 138 valence electrons. The summed E-state index contributed by atoms with van der Waals surface area (Å²) in [5.74, 6) is -0.362. The van der Waals surface area contributed by atoms with Crippen molar-refractivity contribution in [2.45, 2.75) is 20.3 Å². The number of aromatic nitrogens is 1. The molecule has 0 unspecified atom stereocenters. The van der Waals surface area contributed by atoms with Crippen molar-refractivity contribution < 1.29 is 9.59 Å². The monoisotopic (exact) mass is 379 g/mol. The first-order chi connectivity index (χ1) is 13.0. The number of carbonyl (C=O) groups excluding carboxylic acids is 2. The number of aryl methyl sites for hydroxylation is 2. The third-order valence-corrected chi connectivity index (χ3v) is 4.98. The van der Waals surface area contributed by atoms with Crippen LogP contribution >= 0.6 is 11.3 Å². The summed E-state index contributed by atoms with van der Waals surface area (Å²) in [6.07, 6.45) is 0.192. The summed E-state index contributed by atoms with van der Waals surface area (Å²) in [4.78, 5) is 28.5. The number of thiazole rings is 1. The quantitative estimate of drug-likeness (QED) is 0.675. The van der Waals surface area contributed by atoms with Crippen LogP contribution in [0.3, 0.4) is 0 Å². The van der Waals surface area contributed by atoms with E-state index in [2.05, 4.69) is 41.6 Å². The Morgan fingerprint density at radius 2 is 1.81 bits per heavy atom. The third kappa shape index (κ3) is 5.01. The van der Waals surface area contributed by atoms with Gasteiger partial charge in [0, 0.05) is 29.5 Å². The molecule has 0 fully saturated rings. The lowest BCUT2D eigenvalue weighted by atomic mass is 10.1. The molecule has 27 heavy (non-hydrogen) atoms. The summed E-state index contributed by atoms with van der Waals surface area (Å²) in [7, 11) is 0. The van der Waals surface area contributed by atoms with E-state index in [1.165, 1.54) is 22.5 Å². The zero-order valence-electron chi connectivity index (χ0n) is 15.3. The summed E-state index contributed by atoms with van der Waals surface area (Å²) >= 11 is 1.39. The molecule has 5 nitrogen and oxygen atoms in total. The highest BCUT2D eigenvalue weighted by Gasteiger charge is 2.10. The molecule has 0 aliphatic carbocycles. The fourth-order valence-corrected chi connectivity index (χ4v) is 3.26. The van der Waals surface area contributed by atoms with Gasteiger partial charge in [-0.15, -0.1) is 11.3 Å². The van der Waals surface area contributed by atoms with E-state index in [0.29, 0.717) is 10.7 Å². The van der Waals surface area contributed by atoms with Crippen molar-refractivity contribution in [1.29, 1.82) is 0 Å². The minimum atomic E-state index is -0.185. The van der Waals surface area contributed by atoms with Crippen LogP contribution < -0.4 is 10.6 Å². The fraction of sp³-hybridized carbons (Fsp3) is 0.190. The fourth-order valence-electron chi connectivity index (χ4n) is 2.53. The maximum Gasteiger partial charge on any atom is 0.251 e. The van der Waals surface area contributed by atoms with Crippen molar-refractivity contribution >= 4 is 28.3 Å². The smallest absolute Gasteiger partial charge is 0.251 e. The predicted octanol–water partition coefficient (Wildman–Crippen LogP) is 4.19.